The smallest absolute Gasteiger partial charge is 0.282 e. The molecule has 0 saturated heterocycles. The van der Waals surface area contributed by atoms with Crippen LogP contribution in [0.1, 0.15) is 36.7 Å². The first-order valence-electron chi connectivity index (χ1n) is 10.8. The van der Waals surface area contributed by atoms with Crippen molar-refractivity contribution in [2.75, 3.05) is 11.1 Å². The fourth-order valence-corrected chi connectivity index (χ4v) is 3.92. The third-order valence-electron chi connectivity index (χ3n) is 5.58. The number of hydrogen-bond donors (Lipinski definition) is 2. The minimum atomic E-state index is -0.405. The summed E-state index contributed by atoms with van der Waals surface area (Å²) in [6.07, 6.45) is 3.73. The van der Waals surface area contributed by atoms with Gasteiger partial charge >= 0.3 is 0 Å². The van der Waals surface area contributed by atoms with Crippen LogP contribution in [0.15, 0.2) is 58.1 Å². The number of nitrogens with two attached hydrogens (primary N) is 1. The van der Waals surface area contributed by atoms with Gasteiger partial charge in [0, 0.05) is 13.1 Å². The van der Waals surface area contributed by atoms with Gasteiger partial charge < -0.3 is 15.5 Å². The highest BCUT2D eigenvalue weighted by Gasteiger charge is 2.25. The third-order valence-corrected chi connectivity index (χ3v) is 5.58. The van der Waals surface area contributed by atoms with Crippen LogP contribution in [0.5, 0.6) is 0 Å². The van der Waals surface area contributed by atoms with Crippen LogP contribution in [0.3, 0.4) is 0 Å². The van der Waals surface area contributed by atoms with Gasteiger partial charge in [0.15, 0.2) is 5.82 Å². The van der Waals surface area contributed by atoms with Crippen molar-refractivity contribution in [3.63, 3.8) is 0 Å². The summed E-state index contributed by atoms with van der Waals surface area (Å²) >= 11 is 0. The Morgan fingerprint density at radius 2 is 1.91 bits per heavy atom. The van der Waals surface area contributed by atoms with Gasteiger partial charge in [0.25, 0.3) is 11.4 Å². The van der Waals surface area contributed by atoms with E-state index in [0.29, 0.717) is 40.7 Å². The number of hydrogen-bond acceptors (Lipinski definition) is 9. The van der Waals surface area contributed by atoms with E-state index in [1.165, 1.54) is 6.33 Å². The molecule has 11 nitrogen and oxygen atoms in total. The molecule has 1 aromatic carbocycles. The molecule has 0 spiro atoms. The Labute approximate surface area is 194 Å². The van der Waals surface area contributed by atoms with Crippen molar-refractivity contribution in [2.24, 2.45) is 0 Å². The summed E-state index contributed by atoms with van der Waals surface area (Å²) in [7, 11) is 0. The first-order valence-corrected chi connectivity index (χ1v) is 10.8. The number of nitrogen functional groups attached to an aromatic ring is 1. The topological polar surface area (TPSA) is 142 Å². The highest BCUT2D eigenvalue weighted by atomic mass is 16.4. The number of aromatic nitrogens is 7. The molecule has 0 radical (unpaired) electrons. The lowest BCUT2D eigenvalue weighted by Gasteiger charge is -2.22. The molecular weight excluding hydrogens is 434 g/mol. The SMILES string of the molecule is CCC(Nc1ncnc(N)c1-c1nnc(C)o1)c1nn2ccc(C)c2c(=O)n1-c1ccccc1. The second kappa shape index (κ2) is 8.43. The maximum Gasteiger partial charge on any atom is 0.282 e. The second-order valence-corrected chi connectivity index (χ2v) is 7.84. The maximum absolute atomic E-state index is 13.6. The molecule has 0 aliphatic rings. The van der Waals surface area contributed by atoms with Crippen LogP contribution in [0.2, 0.25) is 0 Å². The number of benzene rings is 1. The Kier molecular flexibility index (Phi) is 5.28. The highest BCUT2D eigenvalue weighted by molar-refractivity contribution is 5.78. The van der Waals surface area contributed by atoms with Gasteiger partial charge in [-0.15, -0.1) is 10.2 Å². The van der Waals surface area contributed by atoms with Crippen molar-refractivity contribution >= 4 is 17.2 Å². The van der Waals surface area contributed by atoms with Crippen molar-refractivity contribution in [1.29, 1.82) is 0 Å². The van der Waals surface area contributed by atoms with Gasteiger partial charge in [-0.2, -0.15) is 5.10 Å². The molecule has 0 amide bonds. The Morgan fingerprint density at radius 1 is 1.12 bits per heavy atom. The van der Waals surface area contributed by atoms with Gasteiger partial charge in [-0.05, 0) is 37.1 Å². The molecule has 3 N–H and O–H groups in total. The van der Waals surface area contributed by atoms with Crippen LogP contribution in [0, 0.1) is 13.8 Å². The van der Waals surface area contributed by atoms with Crippen LogP contribution < -0.4 is 16.6 Å². The van der Waals surface area contributed by atoms with Gasteiger partial charge in [0.1, 0.15) is 29.0 Å². The van der Waals surface area contributed by atoms with Gasteiger partial charge in [0.05, 0.1) is 11.7 Å². The van der Waals surface area contributed by atoms with Gasteiger partial charge in [-0.25, -0.2) is 14.5 Å². The molecule has 1 atom stereocenters. The number of para-hydroxylation sites is 1. The number of nitrogens with one attached hydrogen (secondary N) is 1. The van der Waals surface area contributed by atoms with E-state index in [-0.39, 0.29) is 17.3 Å². The molecule has 4 heterocycles. The predicted octanol–water partition coefficient (Wildman–Crippen LogP) is 3.09. The fourth-order valence-electron chi connectivity index (χ4n) is 3.92. The molecule has 11 heteroatoms. The lowest BCUT2D eigenvalue weighted by atomic mass is 10.1. The number of nitrogens with zero attached hydrogens (tertiary/aromatic N) is 7. The molecule has 0 bridgehead atoms. The zero-order valence-corrected chi connectivity index (χ0v) is 18.9. The van der Waals surface area contributed by atoms with E-state index in [1.807, 2.05) is 50.2 Å². The molecule has 4 aromatic heterocycles. The molecule has 0 saturated carbocycles. The summed E-state index contributed by atoms with van der Waals surface area (Å²) in [6, 6.07) is 10.9. The third kappa shape index (κ3) is 3.56. The summed E-state index contributed by atoms with van der Waals surface area (Å²) in [5.41, 5.74) is 8.48. The second-order valence-electron chi connectivity index (χ2n) is 7.84. The Bertz CT molecular complexity index is 1540. The summed E-state index contributed by atoms with van der Waals surface area (Å²) in [5, 5.41) is 16.2. The van der Waals surface area contributed by atoms with E-state index >= 15 is 0 Å². The van der Waals surface area contributed by atoms with Crippen molar-refractivity contribution in [1.82, 2.24) is 34.3 Å². The molecule has 5 rings (SSSR count). The summed E-state index contributed by atoms with van der Waals surface area (Å²) in [5.74, 6) is 1.72. The van der Waals surface area contributed by atoms with E-state index < -0.39 is 6.04 Å². The minimum absolute atomic E-state index is 0.158. The Hall–Kier alpha value is -4.54. The van der Waals surface area contributed by atoms with Crippen LogP contribution in [0.4, 0.5) is 11.6 Å². The van der Waals surface area contributed by atoms with E-state index in [9.17, 15) is 4.79 Å². The normalized spacial score (nSPS) is 12.2. The lowest BCUT2D eigenvalue weighted by Crippen LogP contribution is -2.30. The zero-order valence-electron chi connectivity index (χ0n) is 18.9. The Balaban J connectivity index is 1.69. The summed E-state index contributed by atoms with van der Waals surface area (Å²) in [4.78, 5) is 22.1. The monoisotopic (exact) mass is 457 g/mol. The lowest BCUT2D eigenvalue weighted by molar-refractivity contribution is 0.532. The number of fused-ring (bicyclic) bond motifs is 1. The molecular formula is C23H23N9O2. The van der Waals surface area contributed by atoms with Crippen molar-refractivity contribution in [3.8, 4) is 17.1 Å². The minimum Gasteiger partial charge on any atom is -0.421 e. The molecule has 34 heavy (non-hydrogen) atoms. The van der Waals surface area contributed by atoms with E-state index in [2.05, 4.69) is 25.5 Å². The molecule has 0 aliphatic heterocycles. The van der Waals surface area contributed by atoms with E-state index in [4.69, 9.17) is 15.2 Å². The summed E-state index contributed by atoms with van der Waals surface area (Å²) in [6.45, 7) is 5.58. The van der Waals surface area contributed by atoms with Crippen LogP contribution in [0.25, 0.3) is 22.7 Å². The first-order chi connectivity index (χ1) is 16.5. The van der Waals surface area contributed by atoms with Gasteiger partial charge in [-0.3, -0.25) is 9.36 Å². The standard InChI is InChI=1S/C23H23N9O2/c1-4-16(27-20-17(19(24)25-12-26-20)22-29-28-14(3)34-22)21-30-31-11-10-13(2)18(31)23(33)32(21)15-8-6-5-7-9-15/h5-12,16H,4H2,1-3H3,(H3,24,25,26,27). The quantitative estimate of drug-likeness (QED) is 0.393. The first kappa shape index (κ1) is 21.3. The fraction of sp³-hybridized carbons (Fsp3) is 0.217. The molecule has 0 aliphatic carbocycles. The van der Waals surface area contributed by atoms with Crippen LogP contribution >= 0.6 is 0 Å². The van der Waals surface area contributed by atoms with Crippen molar-refractivity contribution in [3.05, 3.63) is 76.6 Å². The largest absolute Gasteiger partial charge is 0.421 e. The molecule has 172 valence electrons. The van der Waals surface area contributed by atoms with E-state index in [0.717, 1.165) is 5.56 Å². The number of anilines is 2. The van der Waals surface area contributed by atoms with Crippen LogP contribution in [-0.4, -0.2) is 34.3 Å². The maximum atomic E-state index is 13.6. The molecule has 1 unspecified atom stereocenters. The van der Waals surface area contributed by atoms with Crippen molar-refractivity contribution in [2.45, 2.75) is 33.2 Å². The highest BCUT2D eigenvalue weighted by Crippen LogP contribution is 2.32. The van der Waals surface area contributed by atoms with E-state index in [1.54, 1.807) is 22.2 Å². The van der Waals surface area contributed by atoms with Gasteiger partial charge in [-0.1, -0.05) is 25.1 Å². The zero-order chi connectivity index (χ0) is 23.8. The number of rotatable bonds is 6. The number of aryl methyl sites for hydroxylation is 2. The van der Waals surface area contributed by atoms with Crippen LogP contribution in [-0.2, 0) is 0 Å². The average Bonchev–Trinajstić information content (AvgIpc) is 3.43. The van der Waals surface area contributed by atoms with Gasteiger partial charge in [0.2, 0.25) is 5.89 Å². The van der Waals surface area contributed by atoms with Crippen molar-refractivity contribution < 1.29 is 4.42 Å². The average molecular weight is 457 g/mol. The summed E-state index contributed by atoms with van der Waals surface area (Å²) < 4.78 is 8.84. The molecule has 5 aromatic rings. The Morgan fingerprint density at radius 3 is 2.62 bits per heavy atom. The molecule has 0 fully saturated rings. The predicted molar refractivity (Wildman–Crippen MR) is 127 cm³/mol.